The summed E-state index contributed by atoms with van der Waals surface area (Å²) < 4.78 is 47.5. The molecule has 0 N–H and O–H groups in total. The van der Waals surface area contributed by atoms with Gasteiger partial charge < -0.3 is 18.3 Å². The molecule has 8 aromatic rings. The maximum Gasteiger partial charge on any atom is 0.742 e. The van der Waals surface area contributed by atoms with Crippen molar-refractivity contribution in [1.29, 1.82) is 0 Å². The van der Waals surface area contributed by atoms with E-state index in [1.807, 2.05) is 285 Å². The van der Waals surface area contributed by atoms with E-state index in [4.69, 9.17) is 48.3 Å². The van der Waals surface area contributed by atoms with Crippen molar-refractivity contribution in [1.82, 2.24) is 8.47 Å². The van der Waals surface area contributed by atoms with E-state index in [-0.39, 0.29) is 33.7 Å². The molecule has 2 aromatic heterocycles. The quantitative estimate of drug-likeness (QED) is 0.0415. The van der Waals surface area contributed by atoms with Gasteiger partial charge in [-0.2, -0.15) is 0 Å². The second kappa shape index (κ2) is 32.3. The Labute approximate surface area is 664 Å². The highest BCUT2D eigenvalue weighted by molar-refractivity contribution is 8.46. The van der Waals surface area contributed by atoms with Crippen molar-refractivity contribution in [3.8, 4) is 11.5 Å². The molecule has 31 heteroatoms. The molecule has 0 saturated carbocycles. The monoisotopic (exact) mass is 1670 g/mol. The SMILES string of the molecule is CSC1=C(SC)SC(=C2SC(SC)=C(SCCCCOc3ccc(C(=O)O[Si]4(OC(=O)c5ccc(OCCCCSC6=C(SC)SC(=C7SC(SC)=C(SC)S7)S6)cc5)n5c6c7ccccc7c5N=C5N=C(N=c7c8ccccc8c(n74)=NC4=NC(=N6)c6ccccc64)c4ccccc45)cc3)S2)S1. The first-order valence-corrected chi connectivity index (χ1v) is 49.7. The molecule has 0 amide bonds. The lowest BCUT2D eigenvalue weighted by molar-refractivity contribution is 0.0532. The van der Waals surface area contributed by atoms with Crippen LogP contribution in [0.5, 0.6) is 11.5 Å². The van der Waals surface area contributed by atoms with Gasteiger partial charge in [0.2, 0.25) is 0 Å². The summed E-state index contributed by atoms with van der Waals surface area (Å²) in [6, 6.07) is 44.9. The molecule has 16 rings (SSSR count). The van der Waals surface area contributed by atoms with Crippen LogP contribution in [0.25, 0.3) is 21.5 Å². The van der Waals surface area contributed by atoms with Gasteiger partial charge in [-0.3, -0.25) is 8.47 Å². The fourth-order valence-corrected chi connectivity index (χ4v) is 36.5. The van der Waals surface area contributed by atoms with Crippen LogP contribution in [0.4, 0.5) is 11.6 Å². The van der Waals surface area contributed by atoms with E-state index in [1.165, 1.54) is 50.8 Å². The summed E-state index contributed by atoms with van der Waals surface area (Å²) >= 11 is 30.0. The summed E-state index contributed by atoms with van der Waals surface area (Å²) in [7, 11) is -5.35. The summed E-state index contributed by atoms with van der Waals surface area (Å²) in [5.74, 6) is 3.45. The number of hydrogen-bond acceptors (Lipinski definition) is 28. The minimum Gasteiger partial charge on any atom is -0.494 e. The van der Waals surface area contributed by atoms with Crippen molar-refractivity contribution in [3.05, 3.63) is 241 Å². The molecular weight excluding hydrogens is 1610 g/mol. The van der Waals surface area contributed by atoms with Crippen molar-refractivity contribution in [2.24, 2.45) is 30.0 Å². The third kappa shape index (κ3) is 14.5. The number of ether oxygens (including phenoxy) is 2. The highest BCUT2D eigenvalue weighted by Gasteiger charge is 2.60. The lowest BCUT2D eigenvalue weighted by Crippen LogP contribution is -2.65. The summed E-state index contributed by atoms with van der Waals surface area (Å²) in [5.41, 5.74) is 3.81. The lowest BCUT2D eigenvalue weighted by atomic mass is 10.1. The zero-order chi connectivity index (χ0) is 70.3. The third-order valence-electron chi connectivity index (χ3n) is 16.6. The fraction of sp³-hybridized carbons (Fsp3) is 0.194. The molecule has 6 aromatic carbocycles. The molecule has 0 fully saturated rings. The number of nitrogens with zero attached hydrogens (tertiary/aromatic N) is 8. The van der Waals surface area contributed by atoms with E-state index in [1.54, 1.807) is 57.0 Å². The fourth-order valence-electron chi connectivity index (χ4n) is 11.8. The van der Waals surface area contributed by atoms with Crippen LogP contribution in [0.2, 0.25) is 0 Å². The molecule has 103 heavy (non-hydrogen) atoms. The highest BCUT2D eigenvalue weighted by atomic mass is 32.3. The number of amidine groups is 4. The Morgan fingerprint density at radius 3 is 1.02 bits per heavy atom. The molecule has 8 aliphatic heterocycles. The van der Waals surface area contributed by atoms with E-state index in [0.717, 1.165) is 59.4 Å². The zero-order valence-corrected chi connectivity index (χ0v) is 69.6. The number of hydrogen-bond donors (Lipinski definition) is 0. The van der Waals surface area contributed by atoms with Crippen LogP contribution in [-0.4, -0.2) is 115 Å². The molecule has 0 aliphatic carbocycles. The number of aliphatic imine (C=N–C) groups is 4. The van der Waals surface area contributed by atoms with Crippen molar-refractivity contribution in [3.63, 3.8) is 0 Å². The number of aromatic nitrogens is 2. The highest BCUT2D eigenvalue weighted by Crippen LogP contribution is 2.67. The maximum atomic E-state index is 16.0. The Bertz CT molecular complexity index is 4980. The van der Waals surface area contributed by atoms with Gasteiger partial charge in [0, 0.05) is 43.8 Å². The largest absolute Gasteiger partial charge is 0.742 e. The first kappa shape index (κ1) is 72.7. The average Bonchev–Trinajstić information content (AvgIpc) is 1.54. The molecule has 8 aliphatic rings. The van der Waals surface area contributed by atoms with Gasteiger partial charge in [0.15, 0.2) is 23.3 Å². The lowest BCUT2D eigenvalue weighted by Gasteiger charge is -2.31. The second-order valence-electron chi connectivity index (χ2n) is 22.8. The number of carbonyl (C=O) groups excluding carboxylic acids is 2. The Morgan fingerprint density at radius 2 is 0.670 bits per heavy atom. The molecular formula is C72H58N8O6S16Si. The van der Waals surface area contributed by atoms with Crippen molar-refractivity contribution in [2.75, 3.05) is 62.3 Å². The topological polar surface area (TPSA) is 155 Å². The van der Waals surface area contributed by atoms with E-state index in [0.29, 0.717) is 69.6 Å². The van der Waals surface area contributed by atoms with Crippen LogP contribution in [0.1, 0.15) is 68.7 Å². The first-order chi connectivity index (χ1) is 50.5. The van der Waals surface area contributed by atoms with E-state index in [2.05, 4.69) is 37.5 Å². The normalized spacial score (nSPS) is 17.1. The predicted molar refractivity (Wildman–Crippen MR) is 463 cm³/mol. The van der Waals surface area contributed by atoms with Crippen LogP contribution < -0.4 is 20.4 Å². The Morgan fingerprint density at radius 1 is 0.359 bits per heavy atom. The minimum atomic E-state index is -5.35. The van der Waals surface area contributed by atoms with Crippen LogP contribution >= 0.6 is 188 Å². The van der Waals surface area contributed by atoms with Gasteiger partial charge in [-0.05, 0) is 123 Å². The van der Waals surface area contributed by atoms with Gasteiger partial charge >= 0.3 is 20.8 Å². The molecule has 522 valence electrons. The van der Waals surface area contributed by atoms with Gasteiger partial charge in [-0.15, -0.1) is 94.1 Å². The number of thioether (sulfide) groups is 16. The summed E-state index contributed by atoms with van der Waals surface area (Å²) in [6.45, 7) is 0.966. The number of unbranched alkanes of at least 4 members (excludes halogenated alkanes) is 2. The molecule has 0 atom stereocenters. The summed E-state index contributed by atoms with van der Waals surface area (Å²) in [5, 5.41) is 2.48. The molecule has 14 nitrogen and oxygen atoms in total. The van der Waals surface area contributed by atoms with Crippen molar-refractivity contribution in [2.45, 2.75) is 25.7 Å². The Kier molecular flexibility index (Phi) is 22.8. The van der Waals surface area contributed by atoms with Gasteiger partial charge in [0.05, 0.1) is 75.2 Å². The first-order valence-electron chi connectivity index (χ1n) is 32.1. The molecule has 6 bridgehead atoms. The molecule has 0 unspecified atom stereocenters. The number of benzene rings is 6. The van der Waals surface area contributed by atoms with Crippen LogP contribution in [0.15, 0.2) is 226 Å². The van der Waals surface area contributed by atoms with Crippen LogP contribution in [-0.2, 0) is 8.85 Å². The van der Waals surface area contributed by atoms with Gasteiger partial charge in [0.1, 0.15) is 34.1 Å². The van der Waals surface area contributed by atoms with Gasteiger partial charge in [0.25, 0.3) is 0 Å². The van der Waals surface area contributed by atoms with Crippen LogP contribution in [0.3, 0.4) is 0 Å². The molecule has 0 radical (unpaired) electrons. The Balaban J connectivity index is 0.720. The summed E-state index contributed by atoms with van der Waals surface area (Å²) in [6.07, 6.45) is 16.5. The van der Waals surface area contributed by atoms with Crippen molar-refractivity contribution < 1.29 is 27.9 Å². The van der Waals surface area contributed by atoms with E-state index < -0.39 is 20.8 Å². The number of carbonyl (C=O) groups is 2. The smallest absolute Gasteiger partial charge is 0.494 e. The van der Waals surface area contributed by atoms with E-state index in [9.17, 15) is 0 Å². The van der Waals surface area contributed by atoms with Gasteiger partial charge in [-0.25, -0.2) is 39.5 Å². The summed E-state index contributed by atoms with van der Waals surface area (Å²) in [4.78, 5) is 64.5. The van der Waals surface area contributed by atoms with Crippen molar-refractivity contribution >= 4 is 266 Å². The molecule has 0 spiro atoms. The third-order valence-corrected chi connectivity index (χ3v) is 41.9. The van der Waals surface area contributed by atoms with Gasteiger partial charge in [-0.1, -0.05) is 191 Å². The molecule has 0 saturated heterocycles. The minimum absolute atomic E-state index is 0.171. The number of rotatable bonds is 24. The zero-order valence-electron chi connectivity index (χ0n) is 55.6. The Hall–Kier alpha value is -4.52. The maximum absolute atomic E-state index is 16.0. The predicted octanol–water partition coefficient (Wildman–Crippen LogP) is 21.7. The van der Waals surface area contributed by atoms with Crippen LogP contribution in [0, 0.1) is 0 Å². The number of fused-ring (bicyclic) bond motifs is 14. The average molecular weight is 1670 g/mol. The standard InChI is InChI=1S/C72H58N8O6S16Si/c1-87-61-62(88-2)96-69(95-61)71-99-65(91-5)67(101-71)93-37-17-15-35-83-41-31-27-39(28-32-41)59(81)85-103(86-60(82)40-29-33-42(34-30-40)84-36-16-18-38-94-68-66(92-6)100-72(102-68)70-97-63(89-3)64(90-4)98-70)79-55-47-23-11-12-24-48(47)57(79)77-53-45-21-9-10-22-46(45)54(74-53)78-58-50-26-14-13-25-49(50)56(80(58)103)76-52-44-20-8-7-19-43(44)51(73-52)75-55/h7-14,19-34H,15-18,35-38H2,1-6H3. The molecule has 10 heterocycles. The van der Waals surface area contributed by atoms with E-state index >= 15 is 9.59 Å². The second-order valence-corrected chi connectivity index (χ2v) is 43.6.